The molecule has 1 saturated heterocycles. The van der Waals surface area contributed by atoms with Crippen LogP contribution >= 0.6 is 23.4 Å². The van der Waals surface area contributed by atoms with E-state index in [1.807, 2.05) is 29.2 Å². The van der Waals surface area contributed by atoms with Crippen LogP contribution in [0.3, 0.4) is 0 Å². The fraction of sp³-hybridized carbons (Fsp3) is 0.500. The SMILES string of the molecule is CC[C@@H](Sc1ccc(Cl)cc1)C(=O)N1CCCC1. The van der Waals surface area contributed by atoms with Crippen molar-refractivity contribution in [2.75, 3.05) is 13.1 Å². The van der Waals surface area contributed by atoms with Gasteiger partial charge in [0.15, 0.2) is 0 Å². The number of carbonyl (C=O) groups is 1. The van der Waals surface area contributed by atoms with E-state index in [1.165, 1.54) is 0 Å². The second-order valence-corrected chi connectivity index (χ2v) is 6.21. The van der Waals surface area contributed by atoms with Gasteiger partial charge in [-0.05, 0) is 43.5 Å². The summed E-state index contributed by atoms with van der Waals surface area (Å²) in [6.45, 7) is 3.93. The molecule has 1 aromatic carbocycles. The van der Waals surface area contributed by atoms with Crippen molar-refractivity contribution in [3.8, 4) is 0 Å². The number of hydrogen-bond acceptors (Lipinski definition) is 2. The van der Waals surface area contributed by atoms with E-state index in [9.17, 15) is 4.79 Å². The minimum atomic E-state index is 0.0317. The lowest BCUT2D eigenvalue weighted by Crippen LogP contribution is -2.35. The Morgan fingerprint density at radius 2 is 1.94 bits per heavy atom. The summed E-state index contributed by atoms with van der Waals surface area (Å²) in [6, 6.07) is 7.70. The maximum absolute atomic E-state index is 12.3. The van der Waals surface area contributed by atoms with Gasteiger partial charge >= 0.3 is 0 Å². The van der Waals surface area contributed by atoms with E-state index in [4.69, 9.17) is 11.6 Å². The van der Waals surface area contributed by atoms with E-state index in [0.717, 1.165) is 42.3 Å². The maximum atomic E-state index is 12.3. The number of likely N-dealkylation sites (tertiary alicyclic amines) is 1. The van der Waals surface area contributed by atoms with E-state index < -0.39 is 0 Å². The molecule has 0 bridgehead atoms. The molecule has 0 aliphatic carbocycles. The first kappa shape index (κ1) is 13.8. The van der Waals surface area contributed by atoms with Crippen molar-refractivity contribution in [1.29, 1.82) is 0 Å². The molecule has 1 heterocycles. The highest BCUT2D eigenvalue weighted by atomic mass is 35.5. The highest BCUT2D eigenvalue weighted by molar-refractivity contribution is 8.00. The van der Waals surface area contributed by atoms with Gasteiger partial charge in [-0.25, -0.2) is 0 Å². The number of rotatable bonds is 4. The van der Waals surface area contributed by atoms with Gasteiger partial charge in [-0.1, -0.05) is 18.5 Å². The molecular weight excluding hydrogens is 266 g/mol. The van der Waals surface area contributed by atoms with Gasteiger partial charge in [-0.2, -0.15) is 0 Å². The van der Waals surface area contributed by atoms with Crippen LogP contribution in [0.25, 0.3) is 0 Å². The van der Waals surface area contributed by atoms with Crippen molar-refractivity contribution in [3.05, 3.63) is 29.3 Å². The van der Waals surface area contributed by atoms with Gasteiger partial charge in [0.1, 0.15) is 0 Å². The van der Waals surface area contributed by atoms with Crippen molar-refractivity contribution >= 4 is 29.3 Å². The van der Waals surface area contributed by atoms with E-state index in [1.54, 1.807) is 11.8 Å². The average Bonchev–Trinajstić information content (AvgIpc) is 2.91. The van der Waals surface area contributed by atoms with E-state index in [0.29, 0.717) is 0 Å². The molecule has 1 aliphatic heterocycles. The number of halogens is 1. The number of benzene rings is 1. The van der Waals surface area contributed by atoms with Crippen LogP contribution in [0.15, 0.2) is 29.2 Å². The minimum absolute atomic E-state index is 0.0317. The highest BCUT2D eigenvalue weighted by Gasteiger charge is 2.25. The monoisotopic (exact) mass is 283 g/mol. The van der Waals surface area contributed by atoms with Crippen LogP contribution in [0.2, 0.25) is 5.02 Å². The average molecular weight is 284 g/mol. The number of hydrogen-bond donors (Lipinski definition) is 0. The first-order chi connectivity index (χ1) is 8.70. The first-order valence-corrected chi connectivity index (χ1v) is 7.67. The normalized spacial score (nSPS) is 16.9. The topological polar surface area (TPSA) is 20.3 Å². The smallest absolute Gasteiger partial charge is 0.236 e. The summed E-state index contributed by atoms with van der Waals surface area (Å²) >= 11 is 7.51. The Morgan fingerprint density at radius 1 is 1.33 bits per heavy atom. The number of nitrogens with zero attached hydrogens (tertiary/aromatic N) is 1. The Morgan fingerprint density at radius 3 is 2.50 bits per heavy atom. The van der Waals surface area contributed by atoms with Crippen LogP contribution in [-0.2, 0) is 4.79 Å². The van der Waals surface area contributed by atoms with Crippen LogP contribution in [-0.4, -0.2) is 29.1 Å². The maximum Gasteiger partial charge on any atom is 0.236 e. The predicted molar refractivity (Wildman–Crippen MR) is 77.2 cm³/mol. The molecule has 1 aliphatic rings. The molecule has 4 heteroatoms. The lowest BCUT2D eigenvalue weighted by Gasteiger charge is -2.21. The predicted octanol–water partition coefficient (Wildman–Crippen LogP) is 3.83. The van der Waals surface area contributed by atoms with Crippen molar-refractivity contribution in [2.24, 2.45) is 0 Å². The number of carbonyl (C=O) groups excluding carboxylic acids is 1. The van der Waals surface area contributed by atoms with E-state index in [-0.39, 0.29) is 11.2 Å². The third-order valence-corrected chi connectivity index (χ3v) is 4.77. The molecule has 2 rings (SSSR count). The molecule has 0 N–H and O–H groups in total. The van der Waals surface area contributed by atoms with Crippen molar-refractivity contribution in [2.45, 2.75) is 36.3 Å². The Bertz CT molecular complexity index is 401. The zero-order valence-electron chi connectivity index (χ0n) is 10.6. The van der Waals surface area contributed by atoms with Crippen LogP contribution in [0.1, 0.15) is 26.2 Å². The molecule has 2 nitrogen and oxygen atoms in total. The summed E-state index contributed by atoms with van der Waals surface area (Å²) < 4.78 is 0. The van der Waals surface area contributed by atoms with Crippen molar-refractivity contribution in [1.82, 2.24) is 4.90 Å². The van der Waals surface area contributed by atoms with E-state index >= 15 is 0 Å². The van der Waals surface area contributed by atoms with Gasteiger partial charge < -0.3 is 4.90 Å². The molecule has 0 saturated carbocycles. The van der Waals surface area contributed by atoms with Crippen LogP contribution in [0, 0.1) is 0 Å². The summed E-state index contributed by atoms with van der Waals surface area (Å²) in [5.41, 5.74) is 0. The van der Waals surface area contributed by atoms with Crippen molar-refractivity contribution in [3.63, 3.8) is 0 Å². The highest BCUT2D eigenvalue weighted by Crippen LogP contribution is 2.28. The molecule has 0 aromatic heterocycles. The third kappa shape index (κ3) is 3.42. The lowest BCUT2D eigenvalue weighted by atomic mass is 10.3. The standard InChI is InChI=1S/C14H18ClNOS/c1-2-13(14(17)16-9-3-4-10-16)18-12-7-5-11(15)6-8-12/h5-8,13H,2-4,9-10H2,1H3/t13-/m1/s1. The minimum Gasteiger partial charge on any atom is -0.342 e. The molecular formula is C14H18ClNOS. The van der Waals surface area contributed by atoms with Gasteiger partial charge in [0.25, 0.3) is 0 Å². The van der Waals surface area contributed by atoms with Gasteiger partial charge in [0, 0.05) is 23.0 Å². The quantitative estimate of drug-likeness (QED) is 0.783. The zero-order chi connectivity index (χ0) is 13.0. The van der Waals surface area contributed by atoms with Gasteiger partial charge in [-0.3, -0.25) is 4.79 Å². The molecule has 18 heavy (non-hydrogen) atoms. The molecule has 1 amide bonds. The Kier molecular flexibility index (Phi) is 4.95. The largest absolute Gasteiger partial charge is 0.342 e. The van der Waals surface area contributed by atoms with Crippen LogP contribution in [0.5, 0.6) is 0 Å². The zero-order valence-corrected chi connectivity index (χ0v) is 12.1. The molecule has 1 atom stereocenters. The summed E-state index contributed by atoms with van der Waals surface area (Å²) in [7, 11) is 0. The summed E-state index contributed by atoms with van der Waals surface area (Å²) in [6.07, 6.45) is 3.16. The lowest BCUT2D eigenvalue weighted by molar-refractivity contribution is -0.129. The number of thioether (sulfide) groups is 1. The summed E-state index contributed by atoms with van der Waals surface area (Å²) in [5.74, 6) is 0.287. The summed E-state index contributed by atoms with van der Waals surface area (Å²) in [5, 5.41) is 0.766. The van der Waals surface area contributed by atoms with Gasteiger partial charge in [0.2, 0.25) is 5.91 Å². The summed E-state index contributed by atoms with van der Waals surface area (Å²) in [4.78, 5) is 15.4. The molecule has 98 valence electrons. The van der Waals surface area contributed by atoms with Gasteiger partial charge in [-0.15, -0.1) is 11.8 Å². The Balaban J connectivity index is 2.00. The fourth-order valence-electron chi connectivity index (χ4n) is 2.13. The van der Waals surface area contributed by atoms with Crippen LogP contribution in [0.4, 0.5) is 0 Å². The first-order valence-electron chi connectivity index (χ1n) is 6.41. The second-order valence-electron chi connectivity index (χ2n) is 4.50. The molecule has 0 spiro atoms. The molecule has 0 unspecified atom stereocenters. The molecule has 1 fully saturated rings. The Hall–Kier alpha value is -0.670. The fourth-order valence-corrected chi connectivity index (χ4v) is 3.29. The number of amides is 1. The Labute approximate surface area is 118 Å². The molecule has 1 aromatic rings. The third-order valence-electron chi connectivity index (χ3n) is 3.16. The second kappa shape index (κ2) is 6.48. The van der Waals surface area contributed by atoms with Crippen LogP contribution < -0.4 is 0 Å². The van der Waals surface area contributed by atoms with Gasteiger partial charge in [0.05, 0.1) is 5.25 Å². The molecule has 0 radical (unpaired) electrons. The van der Waals surface area contributed by atoms with Crippen molar-refractivity contribution < 1.29 is 4.79 Å². The van der Waals surface area contributed by atoms with E-state index in [2.05, 4.69) is 6.92 Å².